The highest BCUT2D eigenvalue weighted by Crippen LogP contribution is 2.48. The summed E-state index contributed by atoms with van der Waals surface area (Å²) in [5.41, 5.74) is 0. The summed E-state index contributed by atoms with van der Waals surface area (Å²) >= 11 is 0. The number of alkyl halides is 7. The summed E-state index contributed by atoms with van der Waals surface area (Å²) in [5.74, 6) is -11.1. The van der Waals surface area contributed by atoms with Crippen LogP contribution in [0.25, 0.3) is 0 Å². The van der Waals surface area contributed by atoms with Gasteiger partial charge in [0, 0.05) is 6.42 Å². The summed E-state index contributed by atoms with van der Waals surface area (Å²) in [6.45, 7) is 0. The fourth-order valence-electron chi connectivity index (χ4n) is 2.20. The third-order valence-electron chi connectivity index (χ3n) is 3.67. The monoisotopic (exact) mass is 385 g/mol. The van der Waals surface area contributed by atoms with Crippen LogP contribution in [0.5, 0.6) is 0 Å². The van der Waals surface area contributed by atoms with Crippen LogP contribution in [0, 0.1) is 0 Å². The van der Waals surface area contributed by atoms with Crippen LogP contribution < -0.4 is 16.2 Å². The molecule has 0 rings (SSSR count). The molecule has 0 atom stereocenters. The Hall–Kier alpha value is -0.393. The Morgan fingerprint density at radius 3 is 1.33 bits per heavy atom. The maximum atomic E-state index is 13.0. The van der Waals surface area contributed by atoms with Gasteiger partial charge in [-0.3, -0.25) is 0 Å². The van der Waals surface area contributed by atoms with Gasteiger partial charge in [0.1, 0.15) is 0 Å². The van der Waals surface area contributed by atoms with Crippen LogP contribution in [0.4, 0.5) is 30.7 Å². The van der Waals surface area contributed by atoms with Gasteiger partial charge in [0.15, 0.2) is 0 Å². The summed E-state index contributed by atoms with van der Waals surface area (Å²) in [4.78, 5) is 0. The highest BCUT2D eigenvalue weighted by atomic mass is 28.4. The number of hydrogen-bond acceptors (Lipinski definition) is 3. The molecule has 0 amide bonds. The van der Waals surface area contributed by atoms with E-state index >= 15 is 0 Å². The Balaban J connectivity index is 3.77. The van der Waals surface area contributed by atoms with E-state index in [9.17, 15) is 30.7 Å². The van der Waals surface area contributed by atoms with Gasteiger partial charge in [-0.15, -0.1) is 0 Å². The Kier molecular flexibility index (Phi) is 9.19. The minimum Gasteiger partial charge on any atom is -0.327 e. The number of halogens is 7. The van der Waals surface area contributed by atoms with Crippen LogP contribution in [0.3, 0.4) is 0 Å². The second kappa shape index (κ2) is 9.34. The third kappa shape index (κ3) is 8.63. The summed E-state index contributed by atoms with van der Waals surface area (Å²) < 4.78 is 87.1. The van der Waals surface area contributed by atoms with E-state index in [2.05, 4.69) is 0 Å². The zero-order valence-corrected chi connectivity index (χ0v) is 14.4. The van der Waals surface area contributed by atoms with Gasteiger partial charge >= 0.3 is 18.0 Å². The van der Waals surface area contributed by atoms with Crippen LogP contribution in [-0.2, 0) is 0 Å². The van der Waals surface area contributed by atoms with Crippen molar-refractivity contribution >= 4 is 8.56 Å². The first-order valence-electron chi connectivity index (χ1n) is 7.90. The smallest absolute Gasteiger partial charge is 0.327 e. The van der Waals surface area contributed by atoms with Gasteiger partial charge in [0.2, 0.25) is 0 Å². The third-order valence-corrected chi connectivity index (χ3v) is 4.89. The van der Waals surface area contributed by atoms with Gasteiger partial charge in [0.25, 0.3) is 8.56 Å². The summed E-state index contributed by atoms with van der Waals surface area (Å²) in [5, 5.41) is 16.6. The van der Waals surface area contributed by atoms with Crippen LogP contribution >= 0.6 is 0 Å². The molecule has 0 aliphatic heterocycles. The molecule has 0 unspecified atom stereocenters. The van der Waals surface area contributed by atoms with Crippen molar-refractivity contribution in [3.63, 3.8) is 0 Å². The average molecular weight is 385 g/mol. The molecular formula is C13H26F7N3Si. The lowest BCUT2D eigenvalue weighted by atomic mass is 10.0. The topological polar surface area (TPSA) is 78.1 Å². The van der Waals surface area contributed by atoms with E-state index in [1.165, 1.54) is 0 Å². The second-order valence-electron chi connectivity index (χ2n) is 6.22. The van der Waals surface area contributed by atoms with Gasteiger partial charge in [-0.25, -0.2) is 0 Å². The molecule has 11 heteroatoms. The number of unbranched alkanes of at least 4 members (excludes halogenated alkanes) is 7. The number of nitrogens with two attached hydrogens (primary N) is 3. The molecule has 0 saturated heterocycles. The van der Waals surface area contributed by atoms with Gasteiger partial charge in [0.05, 0.1) is 0 Å². The van der Waals surface area contributed by atoms with Gasteiger partial charge in [-0.2, -0.15) is 30.7 Å². The molecule has 0 heterocycles. The summed E-state index contributed by atoms with van der Waals surface area (Å²) in [6.07, 6.45) is -3.28. The summed E-state index contributed by atoms with van der Waals surface area (Å²) in [6, 6.07) is 0.607. The Bertz CT molecular complexity index is 356. The van der Waals surface area contributed by atoms with Crippen molar-refractivity contribution in [3.05, 3.63) is 0 Å². The van der Waals surface area contributed by atoms with Crippen molar-refractivity contribution < 1.29 is 30.7 Å². The van der Waals surface area contributed by atoms with Crippen molar-refractivity contribution in [3.8, 4) is 0 Å². The molecule has 0 spiro atoms. The van der Waals surface area contributed by atoms with Crippen molar-refractivity contribution in [2.24, 2.45) is 16.2 Å². The fourth-order valence-corrected chi connectivity index (χ4v) is 3.07. The van der Waals surface area contributed by atoms with Gasteiger partial charge in [-0.1, -0.05) is 44.9 Å². The lowest BCUT2D eigenvalue weighted by Crippen LogP contribution is -2.64. The normalized spacial score (nSPS) is 14.2. The predicted octanol–water partition coefficient (Wildman–Crippen LogP) is 4.15. The first-order chi connectivity index (χ1) is 10.7. The molecule has 0 aromatic carbocycles. The van der Waals surface area contributed by atoms with Crippen molar-refractivity contribution in [2.75, 3.05) is 0 Å². The number of rotatable bonds is 12. The van der Waals surface area contributed by atoms with E-state index in [-0.39, 0.29) is 12.8 Å². The first-order valence-corrected chi connectivity index (χ1v) is 10.3. The molecular weight excluding hydrogens is 359 g/mol. The van der Waals surface area contributed by atoms with Crippen LogP contribution in [0.15, 0.2) is 0 Å². The molecule has 0 aliphatic carbocycles. The van der Waals surface area contributed by atoms with E-state index in [0.29, 0.717) is 18.9 Å². The van der Waals surface area contributed by atoms with Crippen LogP contribution in [0.1, 0.15) is 57.8 Å². The molecule has 0 aromatic rings. The Morgan fingerprint density at radius 2 is 0.958 bits per heavy atom. The molecule has 0 saturated carbocycles. The number of hydrogen-bond donors (Lipinski definition) is 3. The zero-order valence-electron chi connectivity index (χ0n) is 13.4. The van der Waals surface area contributed by atoms with Crippen molar-refractivity contribution in [1.29, 1.82) is 0 Å². The maximum Gasteiger partial charge on any atom is 0.459 e. The lowest BCUT2D eigenvalue weighted by molar-refractivity contribution is -0.355. The minimum atomic E-state index is -6.24. The molecule has 24 heavy (non-hydrogen) atoms. The van der Waals surface area contributed by atoms with Gasteiger partial charge < -0.3 is 16.2 Å². The molecule has 146 valence electrons. The van der Waals surface area contributed by atoms with Crippen molar-refractivity contribution in [2.45, 2.75) is 81.9 Å². The molecule has 0 radical (unpaired) electrons. The fraction of sp³-hybridized carbons (Fsp3) is 1.00. The SMILES string of the molecule is N[Si](N)(N)CCCCCCCCCCC(F)(F)C(F)(F)C(F)(F)F. The van der Waals surface area contributed by atoms with E-state index in [4.69, 9.17) is 16.2 Å². The zero-order chi connectivity index (χ0) is 19.1. The first kappa shape index (κ1) is 23.6. The predicted molar refractivity (Wildman–Crippen MR) is 80.6 cm³/mol. The average Bonchev–Trinajstić information content (AvgIpc) is 2.38. The van der Waals surface area contributed by atoms with E-state index in [1.807, 2.05) is 0 Å². The highest BCUT2D eigenvalue weighted by molar-refractivity contribution is 6.70. The van der Waals surface area contributed by atoms with Crippen molar-refractivity contribution in [1.82, 2.24) is 0 Å². The van der Waals surface area contributed by atoms with Crippen LogP contribution in [0.2, 0.25) is 6.04 Å². The molecule has 3 nitrogen and oxygen atoms in total. The maximum absolute atomic E-state index is 13.0. The molecule has 0 bridgehead atoms. The van der Waals surface area contributed by atoms with E-state index in [0.717, 1.165) is 25.7 Å². The van der Waals surface area contributed by atoms with Crippen LogP contribution in [-0.4, -0.2) is 26.6 Å². The standard InChI is InChI=1S/C13H26F7N3Si/c14-11(15,12(16,17)13(18,19)20)9-7-5-3-1-2-4-6-8-10-24(21,22)23/h1-10,21-23H2. The molecule has 0 aromatic heterocycles. The van der Waals surface area contributed by atoms with Gasteiger partial charge in [-0.05, 0) is 12.5 Å². The Morgan fingerprint density at radius 1 is 0.583 bits per heavy atom. The molecule has 0 fully saturated rings. The summed E-state index contributed by atoms with van der Waals surface area (Å²) in [7, 11) is -2.50. The minimum absolute atomic E-state index is 0.188. The molecule has 0 aliphatic rings. The quantitative estimate of drug-likeness (QED) is 0.268. The lowest BCUT2D eigenvalue weighted by Gasteiger charge is -2.28. The van der Waals surface area contributed by atoms with E-state index in [1.54, 1.807) is 0 Å². The van der Waals surface area contributed by atoms with E-state index < -0.39 is 33.0 Å². The second-order valence-corrected chi connectivity index (χ2v) is 8.94. The largest absolute Gasteiger partial charge is 0.459 e. The highest BCUT2D eigenvalue weighted by Gasteiger charge is 2.72. The Labute approximate surface area is 138 Å². The molecule has 6 N–H and O–H groups in total.